The van der Waals surface area contributed by atoms with Crippen LogP contribution in [0.4, 0.5) is 4.79 Å². The van der Waals surface area contributed by atoms with Crippen molar-refractivity contribution >= 4 is 6.09 Å². The number of alkyl carbamates (subject to hydrolysis) is 1. The molecule has 0 aromatic heterocycles. The normalized spacial score (nSPS) is 41.8. The van der Waals surface area contributed by atoms with Gasteiger partial charge in [0.25, 0.3) is 0 Å². The fourth-order valence-corrected chi connectivity index (χ4v) is 1.10. The molecule has 0 unspecified atom stereocenters. The summed E-state index contributed by atoms with van der Waals surface area (Å²) in [6.07, 6.45) is 2.11. The number of ether oxygens (including phenoxy) is 1. The van der Waals surface area contributed by atoms with Crippen LogP contribution < -0.4 is 5.32 Å². The van der Waals surface area contributed by atoms with E-state index in [1.807, 2.05) is 0 Å². The van der Waals surface area contributed by atoms with Gasteiger partial charge < -0.3 is 10.1 Å². The van der Waals surface area contributed by atoms with E-state index >= 15 is 0 Å². The molecule has 1 aliphatic carbocycles. The van der Waals surface area contributed by atoms with Crippen LogP contribution in [0.1, 0.15) is 12.8 Å². The van der Waals surface area contributed by atoms with Crippen molar-refractivity contribution in [3.63, 3.8) is 0 Å². The molecule has 2 aliphatic rings. The van der Waals surface area contributed by atoms with Crippen LogP contribution in [0.25, 0.3) is 0 Å². The molecular formula is C5H7NO2. The van der Waals surface area contributed by atoms with Crippen LogP contribution in [-0.4, -0.2) is 18.2 Å². The fourth-order valence-electron chi connectivity index (χ4n) is 1.10. The van der Waals surface area contributed by atoms with Crippen molar-refractivity contribution in [3.05, 3.63) is 0 Å². The van der Waals surface area contributed by atoms with E-state index in [9.17, 15) is 4.79 Å². The second-order valence-electron chi connectivity index (χ2n) is 2.27. The summed E-state index contributed by atoms with van der Waals surface area (Å²) in [7, 11) is 0. The summed E-state index contributed by atoms with van der Waals surface area (Å²) in [5, 5.41) is 2.69. The van der Waals surface area contributed by atoms with Gasteiger partial charge in [0, 0.05) is 0 Å². The molecule has 0 bridgehead atoms. The van der Waals surface area contributed by atoms with E-state index < -0.39 is 0 Å². The minimum Gasteiger partial charge on any atom is -0.444 e. The number of hydrogen-bond acceptors (Lipinski definition) is 2. The molecule has 1 amide bonds. The van der Waals surface area contributed by atoms with Crippen molar-refractivity contribution in [2.24, 2.45) is 0 Å². The van der Waals surface area contributed by atoms with E-state index in [-0.39, 0.29) is 12.2 Å². The van der Waals surface area contributed by atoms with Crippen LogP contribution in [0.2, 0.25) is 0 Å². The summed E-state index contributed by atoms with van der Waals surface area (Å²) in [5.41, 5.74) is 0. The Labute approximate surface area is 47.0 Å². The van der Waals surface area contributed by atoms with Gasteiger partial charge in [-0.2, -0.15) is 0 Å². The lowest BCUT2D eigenvalue weighted by molar-refractivity contribution is 0.0896. The Morgan fingerprint density at radius 2 is 2.50 bits per heavy atom. The Morgan fingerprint density at radius 1 is 1.62 bits per heavy atom. The van der Waals surface area contributed by atoms with Gasteiger partial charge in [-0.25, -0.2) is 4.79 Å². The van der Waals surface area contributed by atoms with Gasteiger partial charge in [-0.05, 0) is 12.8 Å². The van der Waals surface area contributed by atoms with Crippen molar-refractivity contribution in [3.8, 4) is 0 Å². The SMILES string of the molecule is O=C1N[C@@H]2CC[C@@H]2O1. The molecule has 2 atom stereocenters. The van der Waals surface area contributed by atoms with Crippen molar-refractivity contribution in [2.75, 3.05) is 0 Å². The summed E-state index contributed by atoms with van der Waals surface area (Å²) in [4.78, 5) is 10.4. The zero-order chi connectivity index (χ0) is 5.56. The van der Waals surface area contributed by atoms with Crippen LogP contribution in [0, 0.1) is 0 Å². The Hall–Kier alpha value is -0.730. The number of carbonyl (C=O) groups is 1. The van der Waals surface area contributed by atoms with Crippen LogP contribution in [-0.2, 0) is 4.74 Å². The molecule has 0 aromatic carbocycles. The molecule has 1 aliphatic heterocycles. The summed E-state index contributed by atoms with van der Waals surface area (Å²) in [6, 6.07) is 0.350. The molecule has 0 radical (unpaired) electrons. The summed E-state index contributed by atoms with van der Waals surface area (Å²) in [6.45, 7) is 0. The molecule has 0 aromatic rings. The van der Waals surface area contributed by atoms with Crippen molar-refractivity contribution in [1.29, 1.82) is 0 Å². The molecule has 2 rings (SSSR count). The minimum absolute atomic E-state index is 0.211. The maximum absolute atomic E-state index is 10.4. The maximum Gasteiger partial charge on any atom is 0.407 e. The van der Waals surface area contributed by atoms with E-state index in [0.29, 0.717) is 6.04 Å². The van der Waals surface area contributed by atoms with Gasteiger partial charge in [-0.15, -0.1) is 0 Å². The average molecular weight is 113 g/mol. The lowest BCUT2D eigenvalue weighted by Gasteiger charge is -2.25. The second kappa shape index (κ2) is 1.16. The third-order valence-corrected chi connectivity index (χ3v) is 1.77. The molecule has 3 heteroatoms. The standard InChI is InChI=1S/C5H7NO2/c7-5-6-3-1-2-4(3)8-5/h3-4H,1-2H2,(H,6,7)/t3-,4+/m1/s1. The van der Waals surface area contributed by atoms with Crippen LogP contribution >= 0.6 is 0 Å². The third-order valence-electron chi connectivity index (χ3n) is 1.77. The smallest absolute Gasteiger partial charge is 0.407 e. The highest BCUT2D eigenvalue weighted by Crippen LogP contribution is 2.27. The lowest BCUT2D eigenvalue weighted by atomic mass is 9.90. The summed E-state index contributed by atoms with van der Waals surface area (Å²) < 4.78 is 4.81. The van der Waals surface area contributed by atoms with E-state index in [0.717, 1.165) is 12.8 Å². The molecule has 1 saturated heterocycles. The van der Waals surface area contributed by atoms with Gasteiger partial charge in [0.15, 0.2) is 0 Å². The largest absolute Gasteiger partial charge is 0.444 e. The Bertz CT molecular complexity index is 120. The van der Waals surface area contributed by atoms with Crippen LogP contribution in [0.5, 0.6) is 0 Å². The van der Waals surface area contributed by atoms with Gasteiger partial charge in [0.05, 0.1) is 6.04 Å². The topological polar surface area (TPSA) is 38.3 Å². The first-order valence-electron chi connectivity index (χ1n) is 2.83. The monoisotopic (exact) mass is 113 g/mol. The van der Waals surface area contributed by atoms with E-state index in [2.05, 4.69) is 5.32 Å². The highest BCUT2D eigenvalue weighted by Gasteiger charge is 2.40. The number of carbonyl (C=O) groups excluding carboxylic acids is 1. The first-order valence-corrected chi connectivity index (χ1v) is 2.83. The first kappa shape index (κ1) is 4.18. The van der Waals surface area contributed by atoms with Gasteiger partial charge in [-0.3, -0.25) is 0 Å². The number of rotatable bonds is 0. The number of nitrogens with one attached hydrogen (secondary N) is 1. The summed E-state index contributed by atoms with van der Waals surface area (Å²) >= 11 is 0. The average Bonchev–Trinajstić information content (AvgIpc) is 1.91. The van der Waals surface area contributed by atoms with Crippen molar-refractivity contribution < 1.29 is 9.53 Å². The van der Waals surface area contributed by atoms with Crippen molar-refractivity contribution in [2.45, 2.75) is 25.0 Å². The Balaban J connectivity index is 2.10. The molecule has 1 N–H and O–H groups in total. The number of fused-ring (bicyclic) bond motifs is 1. The van der Waals surface area contributed by atoms with E-state index in [1.54, 1.807) is 0 Å². The molecule has 2 fully saturated rings. The lowest BCUT2D eigenvalue weighted by Crippen LogP contribution is -2.40. The van der Waals surface area contributed by atoms with Gasteiger partial charge in [0.2, 0.25) is 0 Å². The van der Waals surface area contributed by atoms with Crippen LogP contribution in [0.3, 0.4) is 0 Å². The molecule has 44 valence electrons. The predicted octanol–water partition coefficient (Wildman–Crippen LogP) is 0.257. The quantitative estimate of drug-likeness (QED) is 0.489. The highest BCUT2D eigenvalue weighted by atomic mass is 16.6. The zero-order valence-corrected chi connectivity index (χ0v) is 4.39. The molecule has 1 saturated carbocycles. The van der Waals surface area contributed by atoms with Gasteiger partial charge in [-0.1, -0.05) is 0 Å². The Morgan fingerprint density at radius 3 is 2.75 bits per heavy atom. The van der Waals surface area contributed by atoms with Crippen LogP contribution in [0.15, 0.2) is 0 Å². The number of hydrogen-bond donors (Lipinski definition) is 1. The minimum atomic E-state index is -0.238. The molecule has 3 nitrogen and oxygen atoms in total. The molecule has 0 spiro atoms. The molecule has 1 heterocycles. The predicted molar refractivity (Wildman–Crippen MR) is 26.4 cm³/mol. The Kier molecular flexibility index (Phi) is 0.604. The summed E-state index contributed by atoms with van der Waals surface area (Å²) in [5.74, 6) is 0. The van der Waals surface area contributed by atoms with Gasteiger partial charge in [0.1, 0.15) is 6.10 Å². The maximum atomic E-state index is 10.4. The zero-order valence-electron chi connectivity index (χ0n) is 4.39. The van der Waals surface area contributed by atoms with E-state index in [1.165, 1.54) is 0 Å². The first-order chi connectivity index (χ1) is 3.86. The molecule has 8 heavy (non-hydrogen) atoms. The highest BCUT2D eigenvalue weighted by molar-refractivity contribution is 5.70. The second-order valence-corrected chi connectivity index (χ2v) is 2.27. The van der Waals surface area contributed by atoms with E-state index in [4.69, 9.17) is 4.74 Å². The van der Waals surface area contributed by atoms with Crippen molar-refractivity contribution in [1.82, 2.24) is 5.32 Å². The van der Waals surface area contributed by atoms with Gasteiger partial charge >= 0.3 is 6.09 Å². The third kappa shape index (κ3) is 0.363. The fraction of sp³-hybridized carbons (Fsp3) is 0.800. The molecular weight excluding hydrogens is 106 g/mol. The number of amides is 1.